The van der Waals surface area contributed by atoms with Gasteiger partial charge in [-0.2, -0.15) is 0 Å². The molecule has 1 heterocycles. The number of allylic oxidation sites excluding steroid dienone is 1. The average Bonchev–Trinajstić information content (AvgIpc) is 3.05. The second kappa shape index (κ2) is 8.10. The van der Waals surface area contributed by atoms with Gasteiger partial charge in [0.1, 0.15) is 6.10 Å². The molecule has 1 aliphatic heterocycles. The van der Waals surface area contributed by atoms with Crippen LogP contribution in [0.2, 0.25) is 0 Å². The SMILES string of the molecule is C[C@@H]([C@@H](O)c1ccccc1)N(C)CC1C(=O)O[C@@H]2CC3=CCC[C@H](C)[C@@]3(C)[C@@H](O)[C@H]12. The van der Waals surface area contributed by atoms with Crippen LogP contribution in [-0.4, -0.2) is 52.9 Å². The Kier molecular flexibility index (Phi) is 5.82. The van der Waals surface area contributed by atoms with Crippen molar-refractivity contribution in [3.8, 4) is 0 Å². The molecule has 5 heteroatoms. The first kappa shape index (κ1) is 21.5. The number of aliphatic hydroxyl groups is 2. The number of fused-ring (bicyclic) bond motifs is 2. The quantitative estimate of drug-likeness (QED) is 0.572. The van der Waals surface area contributed by atoms with Crippen molar-refractivity contribution in [2.24, 2.45) is 23.2 Å². The molecule has 0 aromatic heterocycles. The summed E-state index contributed by atoms with van der Waals surface area (Å²) in [7, 11) is 1.93. The summed E-state index contributed by atoms with van der Waals surface area (Å²) < 4.78 is 5.77. The summed E-state index contributed by atoms with van der Waals surface area (Å²) in [5, 5.41) is 22.3. The molecule has 0 bridgehead atoms. The monoisotopic (exact) mass is 413 g/mol. The Bertz CT molecular complexity index is 809. The zero-order chi connectivity index (χ0) is 21.6. The van der Waals surface area contributed by atoms with E-state index < -0.39 is 12.2 Å². The molecule has 2 aliphatic carbocycles. The first-order valence-corrected chi connectivity index (χ1v) is 11.3. The molecule has 1 saturated carbocycles. The molecule has 5 nitrogen and oxygen atoms in total. The summed E-state index contributed by atoms with van der Waals surface area (Å²) in [5.41, 5.74) is 1.82. The lowest BCUT2D eigenvalue weighted by atomic mass is 9.55. The summed E-state index contributed by atoms with van der Waals surface area (Å²) in [5.74, 6) is -0.425. The topological polar surface area (TPSA) is 70.0 Å². The number of hydrogen-bond acceptors (Lipinski definition) is 5. The van der Waals surface area contributed by atoms with E-state index in [1.54, 1.807) is 0 Å². The zero-order valence-corrected chi connectivity index (χ0v) is 18.5. The summed E-state index contributed by atoms with van der Waals surface area (Å²) in [6.07, 6.45) is 3.59. The van der Waals surface area contributed by atoms with Gasteiger partial charge in [0.2, 0.25) is 0 Å². The van der Waals surface area contributed by atoms with E-state index in [2.05, 4.69) is 19.9 Å². The number of hydrogen-bond donors (Lipinski definition) is 2. The lowest BCUT2D eigenvalue weighted by molar-refractivity contribution is -0.145. The van der Waals surface area contributed by atoms with E-state index in [4.69, 9.17) is 4.74 Å². The predicted molar refractivity (Wildman–Crippen MR) is 116 cm³/mol. The highest BCUT2D eigenvalue weighted by Crippen LogP contribution is 2.56. The first-order chi connectivity index (χ1) is 14.2. The number of carbonyl (C=O) groups is 1. The molecule has 1 unspecified atom stereocenters. The van der Waals surface area contributed by atoms with Crippen LogP contribution < -0.4 is 0 Å². The molecule has 0 radical (unpaired) electrons. The second-order valence-electron chi connectivity index (χ2n) is 9.83. The normalized spacial score (nSPS) is 37.8. The van der Waals surface area contributed by atoms with E-state index in [1.165, 1.54) is 5.57 Å². The second-order valence-corrected chi connectivity index (χ2v) is 9.83. The Hall–Kier alpha value is -1.69. The van der Waals surface area contributed by atoms with Crippen molar-refractivity contribution in [2.75, 3.05) is 13.6 Å². The molecule has 1 aromatic rings. The highest BCUT2D eigenvalue weighted by molar-refractivity contribution is 5.76. The van der Waals surface area contributed by atoms with Crippen LogP contribution in [0.4, 0.5) is 0 Å². The molecule has 164 valence electrons. The maximum atomic E-state index is 12.8. The van der Waals surface area contributed by atoms with E-state index in [1.807, 2.05) is 49.2 Å². The van der Waals surface area contributed by atoms with Crippen LogP contribution in [0.15, 0.2) is 42.0 Å². The van der Waals surface area contributed by atoms with Crippen molar-refractivity contribution in [2.45, 2.75) is 64.4 Å². The zero-order valence-electron chi connectivity index (χ0n) is 18.5. The van der Waals surface area contributed by atoms with Gasteiger partial charge in [-0.3, -0.25) is 9.69 Å². The van der Waals surface area contributed by atoms with Gasteiger partial charge in [-0.25, -0.2) is 0 Å². The molecular weight excluding hydrogens is 378 g/mol. The van der Waals surface area contributed by atoms with E-state index in [0.29, 0.717) is 12.5 Å². The van der Waals surface area contributed by atoms with Crippen LogP contribution >= 0.6 is 0 Å². The van der Waals surface area contributed by atoms with Crippen LogP contribution in [0.25, 0.3) is 0 Å². The summed E-state index contributed by atoms with van der Waals surface area (Å²) >= 11 is 0. The van der Waals surface area contributed by atoms with Crippen molar-refractivity contribution < 1.29 is 19.7 Å². The summed E-state index contributed by atoms with van der Waals surface area (Å²) in [6.45, 7) is 6.81. The maximum absolute atomic E-state index is 12.8. The third-order valence-corrected chi connectivity index (χ3v) is 8.35. The summed E-state index contributed by atoms with van der Waals surface area (Å²) in [4.78, 5) is 14.9. The Balaban J connectivity index is 1.52. The standard InChI is InChI=1S/C25H35NO4/c1-15-9-8-12-18-13-20-21(23(28)25(15,18)3)19(24(29)30-20)14-26(4)16(2)22(27)17-10-6-5-7-11-17/h5-7,10-12,15-16,19-23,27-28H,8-9,13-14H2,1-4H3/t15-,16-,19?,20+,21+,22+,23-,25+/m0/s1. The van der Waals surface area contributed by atoms with Gasteiger partial charge in [0.05, 0.1) is 18.1 Å². The van der Waals surface area contributed by atoms with Gasteiger partial charge in [0, 0.05) is 30.3 Å². The van der Waals surface area contributed by atoms with Gasteiger partial charge < -0.3 is 14.9 Å². The number of nitrogens with zero attached hydrogens (tertiary/aromatic N) is 1. The molecule has 1 saturated heterocycles. The van der Waals surface area contributed by atoms with Crippen molar-refractivity contribution in [1.82, 2.24) is 4.90 Å². The molecule has 8 atom stereocenters. The van der Waals surface area contributed by atoms with Crippen LogP contribution in [-0.2, 0) is 9.53 Å². The van der Waals surface area contributed by atoms with Crippen LogP contribution in [0, 0.1) is 23.2 Å². The Morgan fingerprint density at radius 3 is 2.70 bits per heavy atom. The smallest absolute Gasteiger partial charge is 0.311 e. The number of carbonyl (C=O) groups excluding carboxylic acids is 1. The van der Waals surface area contributed by atoms with Gasteiger partial charge in [0.15, 0.2) is 0 Å². The Morgan fingerprint density at radius 2 is 2.00 bits per heavy atom. The Labute approximate surface area is 179 Å². The molecule has 2 fully saturated rings. The van der Waals surface area contributed by atoms with E-state index in [9.17, 15) is 15.0 Å². The highest BCUT2D eigenvalue weighted by atomic mass is 16.6. The lowest BCUT2D eigenvalue weighted by Gasteiger charge is -2.52. The number of rotatable bonds is 5. The van der Waals surface area contributed by atoms with Crippen molar-refractivity contribution in [1.29, 1.82) is 0 Å². The molecule has 4 rings (SSSR count). The van der Waals surface area contributed by atoms with Crippen LogP contribution in [0.3, 0.4) is 0 Å². The van der Waals surface area contributed by atoms with Gasteiger partial charge in [-0.15, -0.1) is 0 Å². The predicted octanol–water partition coefficient (Wildman–Crippen LogP) is 3.33. The molecule has 0 spiro atoms. The minimum Gasteiger partial charge on any atom is -0.461 e. The van der Waals surface area contributed by atoms with Gasteiger partial charge in [-0.05, 0) is 38.3 Å². The molecule has 0 amide bonds. The van der Waals surface area contributed by atoms with Gasteiger partial charge >= 0.3 is 5.97 Å². The molecular formula is C25H35NO4. The fourth-order valence-electron chi connectivity index (χ4n) is 5.92. The van der Waals surface area contributed by atoms with Crippen molar-refractivity contribution in [3.05, 3.63) is 47.5 Å². The third kappa shape index (κ3) is 3.41. The lowest BCUT2D eigenvalue weighted by Crippen LogP contribution is -2.55. The average molecular weight is 414 g/mol. The third-order valence-electron chi connectivity index (χ3n) is 8.35. The van der Waals surface area contributed by atoms with Gasteiger partial charge in [-0.1, -0.05) is 55.8 Å². The Morgan fingerprint density at radius 1 is 1.30 bits per heavy atom. The minimum absolute atomic E-state index is 0.167. The number of aliphatic hydroxyl groups excluding tert-OH is 2. The molecule has 1 aromatic carbocycles. The van der Waals surface area contributed by atoms with E-state index in [0.717, 1.165) is 24.8 Å². The van der Waals surface area contributed by atoms with Crippen molar-refractivity contribution >= 4 is 5.97 Å². The number of esters is 1. The maximum Gasteiger partial charge on any atom is 0.311 e. The summed E-state index contributed by atoms with van der Waals surface area (Å²) in [6, 6.07) is 9.43. The number of ether oxygens (including phenoxy) is 1. The van der Waals surface area contributed by atoms with E-state index >= 15 is 0 Å². The number of benzene rings is 1. The number of likely N-dealkylation sites (N-methyl/N-ethyl adjacent to an activating group) is 1. The molecule has 3 aliphatic rings. The van der Waals surface area contributed by atoms with Crippen LogP contribution in [0.1, 0.15) is 51.7 Å². The van der Waals surface area contributed by atoms with Crippen LogP contribution in [0.5, 0.6) is 0 Å². The van der Waals surface area contributed by atoms with Gasteiger partial charge in [0.25, 0.3) is 0 Å². The minimum atomic E-state index is -0.647. The molecule has 2 N–H and O–H groups in total. The first-order valence-electron chi connectivity index (χ1n) is 11.3. The largest absolute Gasteiger partial charge is 0.461 e. The van der Waals surface area contributed by atoms with Crippen molar-refractivity contribution in [3.63, 3.8) is 0 Å². The fourth-order valence-corrected chi connectivity index (χ4v) is 5.92. The molecule has 30 heavy (non-hydrogen) atoms. The highest BCUT2D eigenvalue weighted by Gasteiger charge is 2.59. The fraction of sp³-hybridized carbons (Fsp3) is 0.640. The van der Waals surface area contributed by atoms with E-state index in [-0.39, 0.29) is 35.4 Å².